The summed E-state index contributed by atoms with van der Waals surface area (Å²) in [5.41, 5.74) is -0.884. The molecule has 0 saturated heterocycles. The second kappa shape index (κ2) is 4.32. The maximum absolute atomic E-state index is 12.5. The van der Waals surface area contributed by atoms with E-state index in [1.807, 2.05) is 0 Å². The van der Waals surface area contributed by atoms with Crippen LogP contribution in [0, 0.1) is 18.3 Å². The van der Waals surface area contributed by atoms with E-state index in [1.165, 1.54) is 6.92 Å². The van der Waals surface area contributed by atoms with Gasteiger partial charge in [0, 0.05) is 0 Å². The normalized spacial score (nSPS) is 10.1. The molecule has 0 amide bonds. The van der Waals surface area contributed by atoms with Crippen molar-refractivity contribution in [3.05, 3.63) is 28.6 Å². The second-order valence-electron chi connectivity index (χ2n) is 2.75. The first-order valence-electron chi connectivity index (χ1n) is 3.87. The monoisotopic (exact) mass is 230 g/mol. The van der Waals surface area contributed by atoms with Gasteiger partial charge >= 0.3 is 0 Å². The molecule has 0 aliphatic rings. The van der Waals surface area contributed by atoms with Crippen LogP contribution >= 0.6 is 11.6 Å². The van der Waals surface area contributed by atoms with E-state index in [2.05, 4.69) is 4.98 Å². The molecule has 0 bridgehead atoms. The van der Waals surface area contributed by atoms with Crippen LogP contribution in [0.3, 0.4) is 0 Å². The maximum Gasteiger partial charge on any atom is 0.280 e. The van der Waals surface area contributed by atoms with Gasteiger partial charge in [-0.05, 0) is 30.2 Å². The number of nitrogens with zero attached hydrogens (tertiary/aromatic N) is 2. The smallest absolute Gasteiger partial charge is 0.274 e. The zero-order valence-electron chi connectivity index (χ0n) is 7.59. The lowest BCUT2D eigenvalue weighted by Gasteiger charge is -2.06. The highest BCUT2D eigenvalue weighted by Gasteiger charge is 2.18. The van der Waals surface area contributed by atoms with E-state index in [0.29, 0.717) is 0 Å². The Hall–Kier alpha value is -1.54. The fourth-order valence-electron chi connectivity index (χ4n) is 1.06. The molecule has 0 saturated carbocycles. The van der Waals surface area contributed by atoms with Crippen LogP contribution in [0.2, 0.25) is 0 Å². The van der Waals surface area contributed by atoms with Crippen molar-refractivity contribution in [3.63, 3.8) is 0 Å². The summed E-state index contributed by atoms with van der Waals surface area (Å²) in [5.74, 6) is 0. The molecule has 0 atom stereocenters. The maximum atomic E-state index is 12.5. The summed E-state index contributed by atoms with van der Waals surface area (Å²) in [7, 11) is 0. The number of aromatic nitrogens is 1. The van der Waals surface area contributed by atoms with Crippen LogP contribution in [0.25, 0.3) is 0 Å². The van der Waals surface area contributed by atoms with Crippen molar-refractivity contribution in [1.82, 2.24) is 4.98 Å². The van der Waals surface area contributed by atoms with E-state index in [1.54, 1.807) is 6.07 Å². The van der Waals surface area contributed by atoms with Crippen molar-refractivity contribution < 1.29 is 13.6 Å². The molecule has 15 heavy (non-hydrogen) atoms. The lowest BCUT2D eigenvalue weighted by Crippen LogP contribution is -2.04. The molecule has 0 N–H and O–H groups in total. The molecule has 1 rings (SSSR count). The number of carbonyl (C=O) groups excluding carboxylic acids is 1. The highest BCUT2D eigenvalue weighted by molar-refractivity contribution is 6.67. The third-order valence-electron chi connectivity index (χ3n) is 1.84. The predicted octanol–water partition coefficient (Wildman–Crippen LogP) is 2.58. The van der Waals surface area contributed by atoms with Crippen molar-refractivity contribution in [3.8, 4) is 6.07 Å². The Morgan fingerprint density at radius 1 is 1.67 bits per heavy atom. The van der Waals surface area contributed by atoms with Gasteiger partial charge in [0.1, 0.15) is 11.4 Å². The molecule has 78 valence electrons. The number of nitriles is 1. The third kappa shape index (κ3) is 2.28. The van der Waals surface area contributed by atoms with Crippen molar-refractivity contribution >= 4 is 16.8 Å². The lowest BCUT2D eigenvalue weighted by atomic mass is 10.1. The minimum atomic E-state index is -2.84. The number of pyridine rings is 1. The Balaban J connectivity index is 3.47. The summed E-state index contributed by atoms with van der Waals surface area (Å²) in [5, 5.41) is 7.69. The Bertz CT molecular complexity index is 454. The lowest BCUT2D eigenvalue weighted by molar-refractivity contribution is 0.107. The van der Waals surface area contributed by atoms with Crippen LogP contribution < -0.4 is 0 Å². The Morgan fingerprint density at radius 2 is 2.27 bits per heavy atom. The zero-order chi connectivity index (χ0) is 11.6. The van der Waals surface area contributed by atoms with Gasteiger partial charge in [-0.3, -0.25) is 4.79 Å². The predicted molar refractivity (Wildman–Crippen MR) is 48.8 cm³/mol. The Morgan fingerprint density at radius 3 is 2.67 bits per heavy atom. The molecule has 0 spiro atoms. The van der Waals surface area contributed by atoms with Gasteiger partial charge in [-0.2, -0.15) is 5.26 Å². The first-order valence-corrected chi connectivity index (χ1v) is 4.24. The summed E-state index contributed by atoms with van der Waals surface area (Å²) in [6.07, 6.45) is -2.84. The molecule has 6 heteroatoms. The summed E-state index contributed by atoms with van der Waals surface area (Å²) in [6.45, 7) is 1.34. The molecule has 0 aromatic carbocycles. The second-order valence-corrected chi connectivity index (χ2v) is 3.09. The molecule has 1 aromatic heterocycles. The van der Waals surface area contributed by atoms with Gasteiger partial charge in [-0.15, -0.1) is 0 Å². The first-order chi connectivity index (χ1) is 6.97. The Labute approximate surface area is 89.3 Å². The van der Waals surface area contributed by atoms with Gasteiger partial charge in [0.25, 0.3) is 11.7 Å². The van der Waals surface area contributed by atoms with E-state index in [0.717, 1.165) is 6.07 Å². The van der Waals surface area contributed by atoms with Crippen LogP contribution in [0.5, 0.6) is 0 Å². The molecule has 1 heterocycles. The minimum absolute atomic E-state index is 0.0238. The van der Waals surface area contributed by atoms with Crippen LogP contribution in [-0.2, 0) is 0 Å². The van der Waals surface area contributed by atoms with Gasteiger partial charge in [0.05, 0.1) is 11.6 Å². The zero-order valence-corrected chi connectivity index (χ0v) is 8.35. The number of alkyl halides is 2. The van der Waals surface area contributed by atoms with Crippen molar-refractivity contribution in [2.45, 2.75) is 13.3 Å². The SMILES string of the molecule is Cc1c(C#N)cc(C(=O)Cl)nc1C(F)F. The average molecular weight is 231 g/mol. The molecule has 0 aliphatic heterocycles. The largest absolute Gasteiger partial charge is 0.280 e. The molecular formula is C9H5ClF2N2O. The molecule has 0 fully saturated rings. The minimum Gasteiger partial charge on any atom is -0.274 e. The summed E-state index contributed by atoms with van der Waals surface area (Å²) in [6, 6.07) is 2.80. The van der Waals surface area contributed by atoms with Crippen molar-refractivity contribution in [2.24, 2.45) is 0 Å². The number of rotatable bonds is 2. The fourth-order valence-corrected chi connectivity index (χ4v) is 1.15. The van der Waals surface area contributed by atoms with Crippen LogP contribution in [-0.4, -0.2) is 10.2 Å². The first kappa shape index (κ1) is 11.5. The summed E-state index contributed by atoms with van der Waals surface area (Å²) in [4.78, 5) is 14.1. The number of carbonyl (C=O) groups is 1. The third-order valence-corrected chi connectivity index (χ3v) is 2.03. The number of halogens is 3. The highest BCUT2D eigenvalue weighted by Crippen LogP contribution is 2.23. The van der Waals surface area contributed by atoms with E-state index in [4.69, 9.17) is 16.9 Å². The number of hydrogen-bond donors (Lipinski definition) is 0. The summed E-state index contributed by atoms with van der Waals surface area (Å²) < 4.78 is 24.9. The molecule has 0 aliphatic carbocycles. The van der Waals surface area contributed by atoms with E-state index in [-0.39, 0.29) is 16.8 Å². The quantitative estimate of drug-likeness (QED) is 0.734. The van der Waals surface area contributed by atoms with Gasteiger partial charge in [0.2, 0.25) is 0 Å². The van der Waals surface area contributed by atoms with Crippen molar-refractivity contribution in [1.29, 1.82) is 5.26 Å². The number of hydrogen-bond acceptors (Lipinski definition) is 3. The highest BCUT2D eigenvalue weighted by atomic mass is 35.5. The topological polar surface area (TPSA) is 53.8 Å². The van der Waals surface area contributed by atoms with Gasteiger partial charge in [-0.1, -0.05) is 0 Å². The van der Waals surface area contributed by atoms with Gasteiger partial charge < -0.3 is 0 Å². The molecule has 3 nitrogen and oxygen atoms in total. The average Bonchev–Trinajstić information content (AvgIpc) is 2.17. The van der Waals surface area contributed by atoms with Crippen molar-refractivity contribution in [2.75, 3.05) is 0 Å². The van der Waals surface area contributed by atoms with E-state index >= 15 is 0 Å². The molecule has 0 radical (unpaired) electrons. The molecule has 1 aromatic rings. The van der Waals surface area contributed by atoms with Crippen LogP contribution in [0.1, 0.15) is 33.7 Å². The van der Waals surface area contributed by atoms with Gasteiger partial charge in [-0.25, -0.2) is 13.8 Å². The molecule has 0 unspecified atom stereocenters. The Kier molecular flexibility index (Phi) is 3.32. The fraction of sp³-hybridized carbons (Fsp3) is 0.222. The van der Waals surface area contributed by atoms with E-state index in [9.17, 15) is 13.6 Å². The van der Waals surface area contributed by atoms with Crippen LogP contribution in [0.4, 0.5) is 8.78 Å². The van der Waals surface area contributed by atoms with Crippen LogP contribution in [0.15, 0.2) is 6.07 Å². The standard InChI is InChI=1S/C9H5ClF2N2O/c1-4-5(3-13)2-6(8(10)15)14-7(4)9(11)12/h2,9H,1H3. The van der Waals surface area contributed by atoms with Gasteiger partial charge in [0.15, 0.2) is 0 Å². The van der Waals surface area contributed by atoms with E-state index < -0.39 is 17.4 Å². The molecular weight excluding hydrogens is 226 g/mol. The summed E-state index contributed by atoms with van der Waals surface area (Å²) >= 11 is 5.11.